The van der Waals surface area contributed by atoms with E-state index in [9.17, 15) is 0 Å². The Labute approximate surface area is 89.0 Å². The van der Waals surface area contributed by atoms with Gasteiger partial charge in [0.15, 0.2) is 5.82 Å². The van der Waals surface area contributed by atoms with Crippen molar-refractivity contribution in [1.82, 2.24) is 25.5 Å². The summed E-state index contributed by atoms with van der Waals surface area (Å²) in [6, 6.07) is 0. The van der Waals surface area contributed by atoms with Gasteiger partial charge < -0.3 is 10.1 Å². The minimum absolute atomic E-state index is 0.0894. The molecular weight excluding hydrogens is 194 g/mol. The Kier molecular flexibility index (Phi) is 2.97. The number of nitrogens with one attached hydrogen (secondary N) is 1. The molecule has 2 heterocycles. The molecule has 1 atom stereocenters. The number of nitrogens with zero attached hydrogens (tertiary/aromatic N) is 4. The van der Waals surface area contributed by atoms with Crippen LogP contribution >= 0.6 is 0 Å². The van der Waals surface area contributed by atoms with Crippen molar-refractivity contribution in [2.75, 3.05) is 20.3 Å². The minimum atomic E-state index is -0.0894. The van der Waals surface area contributed by atoms with Crippen molar-refractivity contribution >= 4 is 0 Å². The van der Waals surface area contributed by atoms with Gasteiger partial charge in [0.05, 0.1) is 18.7 Å². The second-order valence-corrected chi connectivity index (χ2v) is 4.19. The van der Waals surface area contributed by atoms with Crippen LogP contribution in [0.25, 0.3) is 0 Å². The summed E-state index contributed by atoms with van der Waals surface area (Å²) in [4.78, 5) is 0. The lowest BCUT2D eigenvalue weighted by atomic mass is 9.95. The van der Waals surface area contributed by atoms with Gasteiger partial charge in [-0.1, -0.05) is 0 Å². The fraction of sp³-hybridized carbons (Fsp3) is 0.889. The van der Waals surface area contributed by atoms with Crippen LogP contribution in [0.5, 0.6) is 0 Å². The van der Waals surface area contributed by atoms with E-state index in [2.05, 4.69) is 27.8 Å². The summed E-state index contributed by atoms with van der Waals surface area (Å²) in [5.74, 6) is 0.866. The molecule has 6 heteroatoms. The van der Waals surface area contributed by atoms with E-state index >= 15 is 0 Å². The van der Waals surface area contributed by atoms with Crippen LogP contribution in [0.1, 0.15) is 25.6 Å². The number of ether oxygens (including phenoxy) is 1. The van der Waals surface area contributed by atoms with Crippen LogP contribution < -0.4 is 5.32 Å². The zero-order chi connectivity index (χ0) is 10.7. The molecule has 1 aliphatic heterocycles. The van der Waals surface area contributed by atoms with E-state index in [-0.39, 0.29) is 5.54 Å². The van der Waals surface area contributed by atoms with Crippen LogP contribution in [0, 0.1) is 0 Å². The van der Waals surface area contributed by atoms with Gasteiger partial charge in [-0.3, -0.25) is 0 Å². The van der Waals surface area contributed by atoms with E-state index in [0.29, 0.717) is 13.2 Å². The summed E-state index contributed by atoms with van der Waals surface area (Å²) in [6.45, 7) is 4.36. The molecule has 0 amide bonds. The second kappa shape index (κ2) is 4.24. The third kappa shape index (κ3) is 2.00. The van der Waals surface area contributed by atoms with Gasteiger partial charge in [-0.05, 0) is 37.2 Å². The maximum atomic E-state index is 5.51. The summed E-state index contributed by atoms with van der Waals surface area (Å²) >= 11 is 0. The first kappa shape index (κ1) is 10.5. The Morgan fingerprint density at radius 2 is 2.47 bits per heavy atom. The average Bonchev–Trinajstić information content (AvgIpc) is 2.68. The lowest BCUT2D eigenvalue weighted by Gasteiger charge is -2.33. The summed E-state index contributed by atoms with van der Waals surface area (Å²) in [5.41, 5.74) is -0.0894. The fourth-order valence-corrected chi connectivity index (χ4v) is 1.98. The maximum Gasteiger partial charge on any atom is 0.165 e. The fourth-order valence-electron chi connectivity index (χ4n) is 1.98. The highest BCUT2D eigenvalue weighted by Gasteiger charge is 2.32. The molecule has 1 aromatic heterocycles. The van der Waals surface area contributed by atoms with Gasteiger partial charge >= 0.3 is 0 Å². The molecule has 0 spiro atoms. The van der Waals surface area contributed by atoms with Crippen molar-refractivity contribution in [3.63, 3.8) is 0 Å². The van der Waals surface area contributed by atoms with Gasteiger partial charge in [-0.15, -0.1) is 5.10 Å². The van der Waals surface area contributed by atoms with E-state index in [1.165, 1.54) is 0 Å². The number of hydrogen-bond donors (Lipinski definition) is 1. The lowest BCUT2D eigenvalue weighted by molar-refractivity contribution is 0.00105. The van der Waals surface area contributed by atoms with E-state index in [4.69, 9.17) is 4.74 Å². The Balaban J connectivity index is 2.22. The highest BCUT2D eigenvalue weighted by Crippen LogP contribution is 2.26. The van der Waals surface area contributed by atoms with Gasteiger partial charge in [0, 0.05) is 6.61 Å². The third-order valence-corrected chi connectivity index (χ3v) is 2.80. The van der Waals surface area contributed by atoms with E-state index in [0.717, 1.165) is 25.3 Å². The monoisotopic (exact) mass is 211 g/mol. The topological polar surface area (TPSA) is 64.9 Å². The largest absolute Gasteiger partial charge is 0.379 e. The van der Waals surface area contributed by atoms with Gasteiger partial charge in [-0.25, -0.2) is 4.68 Å². The number of tetrazole rings is 1. The number of aromatic nitrogens is 4. The summed E-state index contributed by atoms with van der Waals surface area (Å²) in [7, 11) is 1.89. The standard InChI is InChI=1S/C9H17N5O/c1-9(4-3-5-15-7-9)14-8(6-10-2)11-12-13-14/h10H,3-7H2,1-2H3. The molecule has 2 rings (SSSR count). The van der Waals surface area contributed by atoms with Crippen LogP contribution in [-0.4, -0.2) is 40.5 Å². The number of rotatable bonds is 3. The summed E-state index contributed by atoms with van der Waals surface area (Å²) in [6.07, 6.45) is 2.13. The quantitative estimate of drug-likeness (QED) is 0.757. The van der Waals surface area contributed by atoms with Crippen molar-refractivity contribution in [3.8, 4) is 0 Å². The maximum absolute atomic E-state index is 5.51. The predicted molar refractivity (Wildman–Crippen MR) is 54.3 cm³/mol. The Morgan fingerprint density at radius 3 is 3.13 bits per heavy atom. The molecular formula is C9H17N5O. The van der Waals surface area contributed by atoms with Crippen LogP contribution in [0.3, 0.4) is 0 Å². The van der Waals surface area contributed by atoms with Gasteiger partial charge in [0.25, 0.3) is 0 Å². The smallest absolute Gasteiger partial charge is 0.165 e. The Morgan fingerprint density at radius 1 is 1.60 bits per heavy atom. The van der Waals surface area contributed by atoms with E-state index < -0.39 is 0 Å². The summed E-state index contributed by atoms with van der Waals surface area (Å²) < 4.78 is 7.40. The van der Waals surface area contributed by atoms with Crippen LogP contribution in [0.2, 0.25) is 0 Å². The first-order chi connectivity index (χ1) is 7.26. The molecule has 0 saturated carbocycles. The van der Waals surface area contributed by atoms with Crippen molar-refractivity contribution in [1.29, 1.82) is 0 Å². The predicted octanol–water partition coefficient (Wildman–Crippen LogP) is -0.0819. The molecule has 1 unspecified atom stereocenters. The molecule has 1 aliphatic rings. The number of hydrogen-bond acceptors (Lipinski definition) is 5. The lowest BCUT2D eigenvalue weighted by Crippen LogP contribution is -2.41. The van der Waals surface area contributed by atoms with Crippen LogP contribution in [-0.2, 0) is 16.8 Å². The molecule has 6 nitrogen and oxygen atoms in total. The molecule has 0 bridgehead atoms. The molecule has 84 valence electrons. The van der Waals surface area contributed by atoms with Crippen molar-refractivity contribution in [2.24, 2.45) is 0 Å². The molecule has 0 aromatic carbocycles. The molecule has 0 aliphatic carbocycles. The van der Waals surface area contributed by atoms with Gasteiger partial charge in [-0.2, -0.15) is 0 Å². The summed E-state index contributed by atoms with van der Waals surface area (Å²) in [5, 5.41) is 14.9. The molecule has 0 radical (unpaired) electrons. The third-order valence-electron chi connectivity index (χ3n) is 2.80. The molecule has 1 aromatic rings. The van der Waals surface area contributed by atoms with E-state index in [1.807, 2.05) is 11.7 Å². The molecule has 1 saturated heterocycles. The molecule has 15 heavy (non-hydrogen) atoms. The van der Waals surface area contributed by atoms with Gasteiger partial charge in [0.1, 0.15) is 0 Å². The van der Waals surface area contributed by atoms with Gasteiger partial charge in [0.2, 0.25) is 0 Å². The Bertz CT molecular complexity index is 318. The van der Waals surface area contributed by atoms with Crippen LogP contribution in [0.15, 0.2) is 0 Å². The molecule has 1 N–H and O–H groups in total. The average molecular weight is 211 g/mol. The minimum Gasteiger partial charge on any atom is -0.379 e. The normalized spacial score (nSPS) is 26.8. The second-order valence-electron chi connectivity index (χ2n) is 4.19. The van der Waals surface area contributed by atoms with Crippen molar-refractivity contribution in [3.05, 3.63) is 5.82 Å². The first-order valence-electron chi connectivity index (χ1n) is 5.26. The molecule has 1 fully saturated rings. The van der Waals surface area contributed by atoms with E-state index in [1.54, 1.807) is 0 Å². The zero-order valence-electron chi connectivity index (χ0n) is 9.23. The van der Waals surface area contributed by atoms with Crippen molar-refractivity contribution < 1.29 is 4.74 Å². The first-order valence-corrected chi connectivity index (χ1v) is 5.26. The SMILES string of the molecule is CNCc1nnnn1C1(C)CCCOC1. The van der Waals surface area contributed by atoms with Crippen LogP contribution in [0.4, 0.5) is 0 Å². The van der Waals surface area contributed by atoms with Crippen molar-refractivity contribution in [2.45, 2.75) is 31.8 Å². The highest BCUT2D eigenvalue weighted by atomic mass is 16.5. The highest BCUT2D eigenvalue weighted by molar-refractivity contribution is 4.91. The Hall–Kier alpha value is -1.01. The zero-order valence-corrected chi connectivity index (χ0v) is 9.23.